The number of carbonyl (C=O) groups is 1. The maximum Gasteiger partial charge on any atom is 0.273 e. The van der Waals surface area contributed by atoms with E-state index in [4.69, 9.17) is 14.0 Å². The number of rotatable bonds is 7. The van der Waals surface area contributed by atoms with Crippen molar-refractivity contribution < 1.29 is 18.8 Å². The molecule has 0 saturated heterocycles. The Bertz CT molecular complexity index is 1280. The van der Waals surface area contributed by atoms with Gasteiger partial charge in [0.1, 0.15) is 17.2 Å². The van der Waals surface area contributed by atoms with Gasteiger partial charge in [-0.2, -0.15) is 0 Å². The van der Waals surface area contributed by atoms with Crippen LogP contribution in [-0.4, -0.2) is 18.2 Å². The first kappa shape index (κ1) is 21.8. The molecule has 0 bridgehead atoms. The average Bonchev–Trinajstić information content (AvgIpc) is 3.39. The fourth-order valence-electron chi connectivity index (χ4n) is 4.13. The SMILES string of the molecule is COc1ccc(Oc2ccc(CNC(=O)c3cc(-c4ccc5c(c4)CCCC5)on3)cc2)cc1. The number of ether oxygens (including phenoxy) is 2. The minimum atomic E-state index is -0.272. The van der Waals surface area contributed by atoms with Gasteiger partial charge in [0.05, 0.1) is 7.11 Å². The third kappa shape index (κ3) is 4.96. The molecule has 0 fully saturated rings. The van der Waals surface area contributed by atoms with Gasteiger partial charge in [0, 0.05) is 18.2 Å². The quantitative estimate of drug-likeness (QED) is 0.373. The Hall–Kier alpha value is -4.06. The summed E-state index contributed by atoms with van der Waals surface area (Å²) in [5.41, 5.74) is 4.96. The molecule has 1 aliphatic carbocycles. The molecular weight excluding hydrogens is 428 g/mol. The van der Waals surface area contributed by atoms with Gasteiger partial charge in [-0.1, -0.05) is 29.4 Å². The summed E-state index contributed by atoms with van der Waals surface area (Å²) in [7, 11) is 1.63. The highest BCUT2D eigenvalue weighted by Crippen LogP contribution is 2.28. The number of aryl methyl sites for hydroxylation is 2. The number of hydrogen-bond acceptors (Lipinski definition) is 5. The molecule has 0 radical (unpaired) electrons. The first-order valence-corrected chi connectivity index (χ1v) is 11.5. The van der Waals surface area contributed by atoms with E-state index in [1.54, 1.807) is 13.2 Å². The summed E-state index contributed by atoms with van der Waals surface area (Å²) in [6, 6.07) is 23.0. The van der Waals surface area contributed by atoms with Crippen molar-refractivity contribution in [2.75, 3.05) is 7.11 Å². The molecule has 6 nitrogen and oxygen atoms in total. The first-order valence-electron chi connectivity index (χ1n) is 11.5. The Balaban J connectivity index is 1.17. The van der Waals surface area contributed by atoms with Crippen LogP contribution < -0.4 is 14.8 Å². The van der Waals surface area contributed by atoms with E-state index in [1.165, 1.54) is 24.0 Å². The van der Waals surface area contributed by atoms with Crippen LogP contribution in [0.1, 0.15) is 40.0 Å². The van der Waals surface area contributed by atoms with Gasteiger partial charge in [-0.15, -0.1) is 0 Å². The predicted octanol–water partition coefficient (Wildman–Crippen LogP) is 5.95. The third-order valence-electron chi connectivity index (χ3n) is 6.05. The van der Waals surface area contributed by atoms with E-state index in [1.807, 2.05) is 54.6 Å². The van der Waals surface area contributed by atoms with Crippen molar-refractivity contribution in [3.05, 3.63) is 95.2 Å². The van der Waals surface area contributed by atoms with Gasteiger partial charge >= 0.3 is 0 Å². The Morgan fingerprint density at radius 2 is 1.56 bits per heavy atom. The second kappa shape index (κ2) is 9.83. The van der Waals surface area contributed by atoms with Gasteiger partial charge in [0.15, 0.2) is 11.5 Å². The molecule has 0 spiro atoms. The lowest BCUT2D eigenvalue weighted by atomic mass is 9.90. The summed E-state index contributed by atoms with van der Waals surface area (Å²) < 4.78 is 16.5. The lowest BCUT2D eigenvalue weighted by Gasteiger charge is -2.15. The average molecular weight is 455 g/mol. The van der Waals surface area contributed by atoms with Gasteiger partial charge in [-0.05, 0) is 84.8 Å². The monoisotopic (exact) mass is 454 g/mol. The number of fused-ring (bicyclic) bond motifs is 1. The summed E-state index contributed by atoms with van der Waals surface area (Å²) in [4.78, 5) is 12.6. The van der Waals surface area contributed by atoms with Gasteiger partial charge < -0.3 is 19.3 Å². The van der Waals surface area contributed by atoms with Gasteiger partial charge in [-0.25, -0.2) is 0 Å². The summed E-state index contributed by atoms with van der Waals surface area (Å²) in [5, 5.41) is 6.87. The number of nitrogens with zero attached hydrogens (tertiary/aromatic N) is 1. The normalized spacial score (nSPS) is 12.6. The molecule has 172 valence electrons. The van der Waals surface area contributed by atoms with Crippen molar-refractivity contribution in [3.8, 4) is 28.6 Å². The minimum Gasteiger partial charge on any atom is -0.497 e. The van der Waals surface area contributed by atoms with Crippen LogP contribution in [0.2, 0.25) is 0 Å². The standard InChI is InChI=1S/C28H26N2O4/c1-32-23-12-14-25(15-13-23)33-24-10-6-19(7-11-24)18-29-28(31)26-17-27(34-30-26)22-9-8-20-4-2-3-5-21(20)16-22/h6-17H,2-5,18H2,1H3,(H,29,31). The molecule has 0 saturated carbocycles. The van der Waals surface area contributed by atoms with E-state index >= 15 is 0 Å². The molecule has 34 heavy (non-hydrogen) atoms. The summed E-state index contributed by atoms with van der Waals surface area (Å²) in [6.07, 6.45) is 4.69. The molecule has 6 heteroatoms. The van der Waals surface area contributed by atoms with E-state index in [2.05, 4.69) is 22.6 Å². The van der Waals surface area contributed by atoms with Crippen molar-refractivity contribution in [3.63, 3.8) is 0 Å². The Morgan fingerprint density at radius 1 is 0.882 bits per heavy atom. The molecule has 1 N–H and O–H groups in total. The predicted molar refractivity (Wildman–Crippen MR) is 129 cm³/mol. The zero-order chi connectivity index (χ0) is 23.3. The molecule has 1 aromatic heterocycles. The van der Waals surface area contributed by atoms with Crippen molar-refractivity contribution >= 4 is 5.91 Å². The highest BCUT2D eigenvalue weighted by Gasteiger charge is 2.16. The van der Waals surface area contributed by atoms with Crippen LogP contribution >= 0.6 is 0 Å². The molecule has 0 atom stereocenters. The van der Waals surface area contributed by atoms with Crippen molar-refractivity contribution in [2.45, 2.75) is 32.2 Å². The zero-order valence-corrected chi connectivity index (χ0v) is 19.0. The van der Waals surface area contributed by atoms with E-state index in [-0.39, 0.29) is 11.6 Å². The molecule has 5 rings (SSSR count). The zero-order valence-electron chi connectivity index (χ0n) is 19.0. The van der Waals surface area contributed by atoms with E-state index in [9.17, 15) is 4.79 Å². The largest absolute Gasteiger partial charge is 0.497 e. The van der Waals surface area contributed by atoms with Crippen LogP contribution in [0.25, 0.3) is 11.3 Å². The lowest BCUT2D eigenvalue weighted by Crippen LogP contribution is -2.22. The maximum atomic E-state index is 12.6. The molecule has 1 aliphatic rings. The molecule has 3 aromatic carbocycles. The molecule has 1 amide bonds. The lowest BCUT2D eigenvalue weighted by molar-refractivity contribution is 0.0942. The van der Waals surface area contributed by atoms with Crippen LogP contribution in [0, 0.1) is 0 Å². The Kier molecular flexibility index (Phi) is 6.29. The number of methoxy groups -OCH3 is 1. The Labute approximate surface area is 198 Å². The van der Waals surface area contributed by atoms with E-state index in [0.29, 0.717) is 18.1 Å². The van der Waals surface area contributed by atoms with Crippen molar-refractivity contribution in [1.82, 2.24) is 10.5 Å². The summed E-state index contributed by atoms with van der Waals surface area (Å²) >= 11 is 0. The van der Waals surface area contributed by atoms with Gasteiger partial charge in [0.2, 0.25) is 0 Å². The van der Waals surface area contributed by atoms with Gasteiger partial charge in [0.25, 0.3) is 5.91 Å². The van der Waals surface area contributed by atoms with Crippen molar-refractivity contribution in [1.29, 1.82) is 0 Å². The molecular formula is C28H26N2O4. The number of carbonyl (C=O) groups excluding carboxylic acids is 1. The number of amides is 1. The van der Waals surface area contributed by atoms with Crippen LogP contribution in [-0.2, 0) is 19.4 Å². The smallest absolute Gasteiger partial charge is 0.273 e. The third-order valence-corrected chi connectivity index (χ3v) is 6.05. The molecule has 1 heterocycles. The van der Waals surface area contributed by atoms with E-state index in [0.717, 1.165) is 35.5 Å². The second-order valence-corrected chi connectivity index (χ2v) is 8.37. The van der Waals surface area contributed by atoms with Crippen molar-refractivity contribution in [2.24, 2.45) is 0 Å². The van der Waals surface area contributed by atoms with Crippen LogP contribution in [0.15, 0.2) is 77.3 Å². The first-order chi connectivity index (χ1) is 16.7. The minimum absolute atomic E-state index is 0.271. The number of benzene rings is 3. The summed E-state index contributed by atoms with van der Waals surface area (Å²) in [6.45, 7) is 0.378. The fraction of sp³-hybridized carbons (Fsp3) is 0.214. The number of nitrogens with one attached hydrogen (secondary N) is 1. The molecule has 0 unspecified atom stereocenters. The molecule has 0 aliphatic heterocycles. The molecule has 4 aromatic rings. The summed E-state index contributed by atoms with van der Waals surface area (Å²) in [5.74, 6) is 2.56. The highest BCUT2D eigenvalue weighted by atomic mass is 16.5. The highest BCUT2D eigenvalue weighted by molar-refractivity contribution is 5.93. The topological polar surface area (TPSA) is 73.6 Å². The van der Waals surface area contributed by atoms with Crippen LogP contribution in [0.3, 0.4) is 0 Å². The Morgan fingerprint density at radius 3 is 2.29 bits per heavy atom. The number of aromatic nitrogens is 1. The van der Waals surface area contributed by atoms with E-state index < -0.39 is 0 Å². The van der Waals surface area contributed by atoms with Gasteiger partial charge in [-0.3, -0.25) is 4.79 Å². The maximum absolute atomic E-state index is 12.6. The van der Waals surface area contributed by atoms with Crippen LogP contribution in [0.4, 0.5) is 0 Å². The second-order valence-electron chi connectivity index (χ2n) is 8.37. The van der Waals surface area contributed by atoms with Crippen LogP contribution in [0.5, 0.6) is 17.2 Å². The fourth-order valence-corrected chi connectivity index (χ4v) is 4.13. The number of hydrogen-bond donors (Lipinski definition) is 1.